The first-order valence-corrected chi connectivity index (χ1v) is 13.2. The average Bonchev–Trinajstić information content (AvgIpc) is 3.24. The monoisotopic (exact) mass is 495 g/mol. The molecular formula is C28H35F2N5O. The lowest BCUT2D eigenvalue weighted by molar-refractivity contribution is -0.0203. The lowest BCUT2D eigenvalue weighted by Gasteiger charge is -2.32. The first kappa shape index (κ1) is 24.8. The molecule has 8 heteroatoms. The van der Waals surface area contributed by atoms with Gasteiger partial charge in [0.25, 0.3) is 5.91 Å². The van der Waals surface area contributed by atoms with Crippen molar-refractivity contribution in [2.75, 3.05) is 13.1 Å². The van der Waals surface area contributed by atoms with Crippen LogP contribution in [0.5, 0.6) is 0 Å². The summed E-state index contributed by atoms with van der Waals surface area (Å²) in [5.74, 6) is -2.37. The Morgan fingerprint density at radius 2 is 1.97 bits per heavy atom. The fourth-order valence-corrected chi connectivity index (χ4v) is 5.78. The van der Waals surface area contributed by atoms with Gasteiger partial charge >= 0.3 is 5.92 Å². The molecule has 0 radical (unpaired) electrons. The predicted octanol–water partition coefficient (Wildman–Crippen LogP) is 5.21. The van der Waals surface area contributed by atoms with Gasteiger partial charge in [0.05, 0.1) is 11.2 Å². The van der Waals surface area contributed by atoms with Crippen LogP contribution in [-0.2, 0) is 25.9 Å². The van der Waals surface area contributed by atoms with Crippen LogP contribution in [0.1, 0.15) is 73.0 Å². The van der Waals surface area contributed by atoms with Crippen molar-refractivity contribution in [3.63, 3.8) is 0 Å². The van der Waals surface area contributed by atoms with Crippen molar-refractivity contribution in [2.24, 2.45) is 13.0 Å². The van der Waals surface area contributed by atoms with E-state index in [0.29, 0.717) is 18.0 Å². The largest absolute Gasteiger partial charge is 0.349 e. The topological polar surface area (TPSA) is 63.1 Å². The number of nitrogens with one attached hydrogen (secondary N) is 1. The number of carbonyl (C=O) groups excluding carboxylic acids is 1. The number of aromatic nitrogens is 3. The standard InChI is InChI=1S/C28H35F2N5O/c1-3-28(29,30)27-33-24-18-35(17-14-25(24)34(27)2)16-13-19-9-11-20(12-10-19)32-26(36)22-6-4-8-23-21(22)7-5-15-31-23/h4-8,15,19-20H,3,9-14,16-18H2,1-2H3,(H,32,36)/t19-,20-. The Hall–Kier alpha value is -2.87. The number of amides is 1. The van der Waals surface area contributed by atoms with E-state index in [1.165, 1.54) is 6.92 Å². The summed E-state index contributed by atoms with van der Waals surface area (Å²) in [6.07, 6.45) is 7.53. The minimum Gasteiger partial charge on any atom is -0.349 e. The Morgan fingerprint density at radius 1 is 1.17 bits per heavy atom. The van der Waals surface area contributed by atoms with Crippen LogP contribution in [0.3, 0.4) is 0 Å². The smallest absolute Gasteiger partial charge is 0.304 e. The van der Waals surface area contributed by atoms with Crippen LogP contribution >= 0.6 is 0 Å². The van der Waals surface area contributed by atoms with E-state index in [9.17, 15) is 13.6 Å². The molecule has 192 valence electrons. The molecular weight excluding hydrogens is 460 g/mol. The number of carbonyl (C=O) groups is 1. The molecule has 6 nitrogen and oxygen atoms in total. The summed E-state index contributed by atoms with van der Waals surface area (Å²) in [6.45, 7) is 3.99. The Labute approximate surface area is 211 Å². The molecule has 5 rings (SSSR count). The van der Waals surface area contributed by atoms with Gasteiger partial charge in [0.15, 0.2) is 5.82 Å². The molecule has 36 heavy (non-hydrogen) atoms. The number of fused-ring (bicyclic) bond motifs is 2. The van der Waals surface area contributed by atoms with Crippen LogP contribution in [0.25, 0.3) is 10.9 Å². The fraction of sp³-hybridized carbons (Fsp3) is 0.536. The van der Waals surface area contributed by atoms with Crippen molar-refractivity contribution >= 4 is 16.8 Å². The summed E-state index contributed by atoms with van der Waals surface area (Å²) in [6, 6.07) is 9.67. The van der Waals surface area contributed by atoms with Gasteiger partial charge in [-0.25, -0.2) is 4.98 Å². The van der Waals surface area contributed by atoms with E-state index in [0.717, 1.165) is 73.9 Å². The molecule has 3 heterocycles. The normalized spacial score (nSPS) is 20.9. The van der Waals surface area contributed by atoms with Crippen molar-refractivity contribution in [1.82, 2.24) is 24.8 Å². The van der Waals surface area contributed by atoms with Crippen molar-refractivity contribution < 1.29 is 13.6 Å². The van der Waals surface area contributed by atoms with Gasteiger partial charge in [-0.05, 0) is 62.8 Å². The van der Waals surface area contributed by atoms with Crippen LogP contribution in [0.15, 0.2) is 36.5 Å². The van der Waals surface area contributed by atoms with E-state index < -0.39 is 5.92 Å². The maximum atomic E-state index is 14.3. The quantitative estimate of drug-likeness (QED) is 0.489. The molecule has 0 unspecified atom stereocenters. The molecule has 0 spiro atoms. The van der Waals surface area contributed by atoms with E-state index >= 15 is 0 Å². The Balaban J connectivity index is 1.10. The molecule has 0 bridgehead atoms. The number of nitrogens with zero attached hydrogens (tertiary/aromatic N) is 4. The molecule has 1 saturated carbocycles. The van der Waals surface area contributed by atoms with Crippen LogP contribution in [-0.4, -0.2) is 44.5 Å². The number of halogens is 2. The Kier molecular flexibility index (Phi) is 7.06. The number of benzene rings is 1. The number of hydrogen-bond donors (Lipinski definition) is 1. The van der Waals surface area contributed by atoms with Crippen molar-refractivity contribution in [2.45, 2.75) is 70.4 Å². The van der Waals surface area contributed by atoms with Gasteiger partial charge in [-0.2, -0.15) is 8.78 Å². The van der Waals surface area contributed by atoms with E-state index in [-0.39, 0.29) is 24.2 Å². The second-order valence-corrected chi connectivity index (χ2v) is 10.3. The molecule has 1 N–H and O–H groups in total. The molecule has 3 aromatic rings. The maximum absolute atomic E-state index is 14.3. The predicted molar refractivity (Wildman–Crippen MR) is 136 cm³/mol. The molecule has 2 aromatic heterocycles. The van der Waals surface area contributed by atoms with Crippen molar-refractivity contribution in [3.8, 4) is 0 Å². The minimum absolute atomic E-state index is 0.0236. The summed E-state index contributed by atoms with van der Waals surface area (Å²) in [5.41, 5.74) is 3.27. The molecule has 1 aliphatic carbocycles. The van der Waals surface area contributed by atoms with Gasteiger partial charge in [0, 0.05) is 61.9 Å². The summed E-state index contributed by atoms with van der Waals surface area (Å²) < 4.78 is 30.2. The number of imidazole rings is 1. The van der Waals surface area contributed by atoms with E-state index in [1.807, 2.05) is 30.3 Å². The van der Waals surface area contributed by atoms with Gasteiger partial charge in [-0.1, -0.05) is 19.1 Å². The van der Waals surface area contributed by atoms with Gasteiger partial charge in [-0.15, -0.1) is 0 Å². The molecule has 0 saturated heterocycles. The van der Waals surface area contributed by atoms with Crippen molar-refractivity contribution in [1.29, 1.82) is 0 Å². The van der Waals surface area contributed by atoms with Gasteiger partial charge in [0.2, 0.25) is 0 Å². The molecule has 1 aliphatic heterocycles. The summed E-state index contributed by atoms with van der Waals surface area (Å²) in [7, 11) is 1.72. The maximum Gasteiger partial charge on any atom is 0.304 e. The van der Waals surface area contributed by atoms with Crippen LogP contribution in [0.4, 0.5) is 8.78 Å². The Morgan fingerprint density at radius 3 is 2.75 bits per heavy atom. The number of alkyl halides is 2. The SMILES string of the molecule is CCC(F)(F)c1nc2c(n1C)CCN(CC[C@H]1CC[C@H](NC(=O)c3cccc4ncccc34)CC1)C2. The lowest BCUT2D eigenvalue weighted by Crippen LogP contribution is -2.38. The first-order valence-electron chi connectivity index (χ1n) is 13.2. The molecule has 1 aromatic carbocycles. The average molecular weight is 496 g/mol. The highest BCUT2D eigenvalue weighted by molar-refractivity contribution is 6.06. The highest BCUT2D eigenvalue weighted by Crippen LogP contribution is 2.33. The van der Waals surface area contributed by atoms with Gasteiger partial charge in [-0.3, -0.25) is 14.7 Å². The first-order chi connectivity index (χ1) is 17.4. The zero-order chi connectivity index (χ0) is 25.3. The second-order valence-electron chi connectivity index (χ2n) is 10.3. The van der Waals surface area contributed by atoms with Crippen molar-refractivity contribution in [3.05, 3.63) is 59.3 Å². The summed E-state index contributed by atoms with van der Waals surface area (Å²) in [4.78, 5) is 24.0. The minimum atomic E-state index is -2.88. The molecule has 0 atom stereocenters. The molecule has 1 fully saturated rings. The van der Waals surface area contributed by atoms with Crippen LogP contribution < -0.4 is 5.32 Å². The summed E-state index contributed by atoms with van der Waals surface area (Å²) in [5, 5.41) is 4.12. The zero-order valence-electron chi connectivity index (χ0n) is 21.1. The number of hydrogen-bond acceptors (Lipinski definition) is 4. The highest BCUT2D eigenvalue weighted by atomic mass is 19.3. The number of pyridine rings is 1. The molecule has 2 aliphatic rings. The summed E-state index contributed by atoms with van der Waals surface area (Å²) >= 11 is 0. The second kappa shape index (κ2) is 10.2. The Bertz CT molecular complexity index is 1230. The van der Waals surface area contributed by atoms with Crippen LogP contribution in [0.2, 0.25) is 0 Å². The highest BCUT2D eigenvalue weighted by Gasteiger charge is 2.37. The third kappa shape index (κ3) is 5.01. The number of rotatable bonds is 7. The van der Waals surface area contributed by atoms with Crippen LogP contribution in [0, 0.1) is 5.92 Å². The van der Waals surface area contributed by atoms with E-state index in [4.69, 9.17) is 0 Å². The zero-order valence-corrected chi connectivity index (χ0v) is 21.1. The fourth-order valence-electron chi connectivity index (χ4n) is 5.78. The van der Waals surface area contributed by atoms with Gasteiger partial charge < -0.3 is 9.88 Å². The van der Waals surface area contributed by atoms with E-state index in [1.54, 1.807) is 17.8 Å². The lowest BCUT2D eigenvalue weighted by atomic mass is 9.84. The van der Waals surface area contributed by atoms with E-state index in [2.05, 4.69) is 20.2 Å². The van der Waals surface area contributed by atoms with Gasteiger partial charge in [0.1, 0.15) is 0 Å². The third-order valence-corrected chi connectivity index (χ3v) is 8.03. The third-order valence-electron chi connectivity index (χ3n) is 8.03. The molecule has 1 amide bonds.